The SMILES string of the molecule is COc1ccc(CNC(=O)NCc2cccs2)cn1. The van der Waals surface area contributed by atoms with Gasteiger partial charge in [-0.05, 0) is 17.0 Å². The van der Waals surface area contributed by atoms with Crippen LogP contribution in [-0.4, -0.2) is 18.1 Å². The summed E-state index contributed by atoms with van der Waals surface area (Å²) in [6.07, 6.45) is 1.68. The lowest BCUT2D eigenvalue weighted by Gasteiger charge is -2.07. The van der Waals surface area contributed by atoms with E-state index in [1.54, 1.807) is 30.7 Å². The average molecular weight is 277 g/mol. The third-order valence-corrected chi connectivity index (χ3v) is 3.34. The van der Waals surface area contributed by atoms with Crippen molar-refractivity contribution >= 4 is 17.4 Å². The second-order valence-corrected chi connectivity index (χ2v) is 4.86. The second kappa shape index (κ2) is 6.75. The van der Waals surface area contributed by atoms with Gasteiger partial charge >= 0.3 is 6.03 Å². The van der Waals surface area contributed by atoms with Gasteiger partial charge in [0.15, 0.2) is 0 Å². The number of ether oxygens (including phenoxy) is 1. The molecular weight excluding hydrogens is 262 g/mol. The molecule has 0 saturated heterocycles. The van der Waals surface area contributed by atoms with Crippen LogP contribution in [0.1, 0.15) is 10.4 Å². The lowest BCUT2D eigenvalue weighted by molar-refractivity contribution is 0.240. The van der Waals surface area contributed by atoms with Crippen molar-refractivity contribution in [3.63, 3.8) is 0 Å². The van der Waals surface area contributed by atoms with Gasteiger partial charge in [-0.3, -0.25) is 0 Å². The highest BCUT2D eigenvalue weighted by molar-refractivity contribution is 7.09. The number of pyridine rings is 1. The Morgan fingerprint density at radius 3 is 2.79 bits per heavy atom. The molecule has 0 unspecified atom stereocenters. The molecule has 0 aliphatic heterocycles. The molecule has 0 radical (unpaired) electrons. The van der Waals surface area contributed by atoms with Crippen molar-refractivity contribution in [2.75, 3.05) is 7.11 Å². The van der Waals surface area contributed by atoms with Crippen molar-refractivity contribution in [1.29, 1.82) is 0 Å². The van der Waals surface area contributed by atoms with E-state index >= 15 is 0 Å². The fourth-order valence-corrected chi connectivity index (χ4v) is 2.11. The molecule has 2 rings (SSSR count). The fraction of sp³-hybridized carbons (Fsp3) is 0.231. The van der Waals surface area contributed by atoms with Crippen molar-refractivity contribution in [2.45, 2.75) is 13.1 Å². The summed E-state index contributed by atoms with van der Waals surface area (Å²) in [5.74, 6) is 0.561. The molecule has 0 saturated carbocycles. The Morgan fingerprint density at radius 2 is 2.16 bits per heavy atom. The number of amides is 2. The van der Waals surface area contributed by atoms with E-state index in [-0.39, 0.29) is 6.03 Å². The first-order chi connectivity index (χ1) is 9.28. The number of urea groups is 1. The molecule has 0 fully saturated rings. The van der Waals surface area contributed by atoms with Crippen LogP contribution in [0.3, 0.4) is 0 Å². The summed E-state index contributed by atoms with van der Waals surface area (Å²) in [6.45, 7) is 0.984. The summed E-state index contributed by atoms with van der Waals surface area (Å²) in [7, 11) is 1.57. The van der Waals surface area contributed by atoms with Crippen molar-refractivity contribution < 1.29 is 9.53 Å². The minimum Gasteiger partial charge on any atom is -0.481 e. The zero-order valence-corrected chi connectivity index (χ0v) is 11.4. The van der Waals surface area contributed by atoms with Crippen LogP contribution in [0.5, 0.6) is 5.88 Å². The number of rotatable bonds is 5. The number of hydrogen-bond donors (Lipinski definition) is 2. The molecule has 2 aromatic rings. The quantitative estimate of drug-likeness (QED) is 0.880. The first kappa shape index (κ1) is 13.4. The average Bonchev–Trinajstić information content (AvgIpc) is 2.96. The molecule has 5 nitrogen and oxygen atoms in total. The molecule has 6 heteroatoms. The molecule has 0 aromatic carbocycles. The Morgan fingerprint density at radius 1 is 1.32 bits per heavy atom. The predicted octanol–water partition coefficient (Wildman–Crippen LogP) is 2.15. The first-order valence-electron chi connectivity index (χ1n) is 5.81. The lowest BCUT2D eigenvalue weighted by Crippen LogP contribution is -2.34. The third-order valence-electron chi connectivity index (χ3n) is 2.46. The number of aromatic nitrogens is 1. The summed E-state index contributed by atoms with van der Waals surface area (Å²) in [4.78, 5) is 16.8. The third kappa shape index (κ3) is 4.26. The maximum Gasteiger partial charge on any atom is 0.315 e. The van der Waals surface area contributed by atoms with Gasteiger partial charge < -0.3 is 15.4 Å². The van der Waals surface area contributed by atoms with Gasteiger partial charge in [0.25, 0.3) is 0 Å². The molecule has 0 aliphatic carbocycles. The van der Waals surface area contributed by atoms with E-state index in [4.69, 9.17) is 4.74 Å². The summed E-state index contributed by atoms with van der Waals surface area (Å²) >= 11 is 1.62. The molecule has 0 aliphatic rings. The summed E-state index contributed by atoms with van der Waals surface area (Å²) in [5, 5.41) is 7.55. The molecular formula is C13H15N3O2S. The highest BCUT2D eigenvalue weighted by Gasteiger charge is 2.01. The normalized spacial score (nSPS) is 9.95. The van der Waals surface area contributed by atoms with E-state index in [0.717, 1.165) is 10.4 Å². The molecule has 0 spiro atoms. The van der Waals surface area contributed by atoms with Gasteiger partial charge in [0.2, 0.25) is 5.88 Å². The molecule has 2 aromatic heterocycles. The lowest BCUT2D eigenvalue weighted by atomic mass is 10.3. The number of nitrogens with zero attached hydrogens (tertiary/aromatic N) is 1. The van der Waals surface area contributed by atoms with Crippen LogP contribution in [-0.2, 0) is 13.1 Å². The Balaban J connectivity index is 1.73. The highest BCUT2D eigenvalue weighted by atomic mass is 32.1. The number of thiophene rings is 1. The topological polar surface area (TPSA) is 63.2 Å². The Bertz CT molecular complexity index is 511. The number of methoxy groups -OCH3 is 1. The predicted molar refractivity (Wildman–Crippen MR) is 74.2 cm³/mol. The number of hydrogen-bond acceptors (Lipinski definition) is 4. The van der Waals surface area contributed by atoms with E-state index in [1.807, 2.05) is 23.6 Å². The Labute approximate surface area is 115 Å². The Kier molecular flexibility index (Phi) is 4.74. The zero-order chi connectivity index (χ0) is 13.5. The molecule has 0 atom stereocenters. The summed E-state index contributed by atoms with van der Waals surface area (Å²) < 4.78 is 4.97. The number of carbonyl (C=O) groups is 1. The van der Waals surface area contributed by atoms with Gasteiger partial charge in [0.1, 0.15) is 0 Å². The molecule has 0 bridgehead atoms. The maximum atomic E-state index is 11.6. The first-order valence-corrected chi connectivity index (χ1v) is 6.69. The van der Waals surface area contributed by atoms with Crippen LogP contribution in [0.15, 0.2) is 35.8 Å². The molecule has 19 heavy (non-hydrogen) atoms. The van der Waals surface area contributed by atoms with E-state index in [2.05, 4.69) is 15.6 Å². The van der Waals surface area contributed by atoms with Gasteiger partial charge in [-0.15, -0.1) is 11.3 Å². The minimum absolute atomic E-state index is 0.191. The van der Waals surface area contributed by atoms with Crippen LogP contribution in [0.4, 0.5) is 4.79 Å². The van der Waals surface area contributed by atoms with E-state index in [1.165, 1.54) is 0 Å². The van der Waals surface area contributed by atoms with E-state index < -0.39 is 0 Å². The molecule has 2 heterocycles. The van der Waals surface area contributed by atoms with Gasteiger partial charge in [0, 0.05) is 23.7 Å². The van der Waals surface area contributed by atoms with Crippen LogP contribution >= 0.6 is 11.3 Å². The summed E-state index contributed by atoms with van der Waals surface area (Å²) in [6, 6.07) is 7.39. The molecule has 2 amide bonds. The van der Waals surface area contributed by atoms with E-state index in [0.29, 0.717) is 19.0 Å². The second-order valence-electron chi connectivity index (χ2n) is 3.82. The number of carbonyl (C=O) groups excluding carboxylic acids is 1. The van der Waals surface area contributed by atoms with Gasteiger partial charge in [0.05, 0.1) is 13.7 Å². The highest BCUT2D eigenvalue weighted by Crippen LogP contribution is 2.07. The van der Waals surface area contributed by atoms with Crippen LogP contribution in [0.2, 0.25) is 0 Å². The van der Waals surface area contributed by atoms with Crippen molar-refractivity contribution in [3.05, 3.63) is 46.3 Å². The Hall–Kier alpha value is -2.08. The van der Waals surface area contributed by atoms with Crippen molar-refractivity contribution in [3.8, 4) is 5.88 Å². The standard InChI is InChI=1S/C13H15N3O2S/c1-18-12-5-4-10(7-14-12)8-15-13(17)16-9-11-3-2-6-19-11/h2-7H,8-9H2,1H3,(H2,15,16,17). The van der Waals surface area contributed by atoms with Gasteiger partial charge in [-0.2, -0.15) is 0 Å². The fourth-order valence-electron chi connectivity index (χ4n) is 1.46. The van der Waals surface area contributed by atoms with Crippen LogP contribution in [0, 0.1) is 0 Å². The number of nitrogens with one attached hydrogen (secondary N) is 2. The monoisotopic (exact) mass is 277 g/mol. The van der Waals surface area contributed by atoms with Crippen molar-refractivity contribution in [1.82, 2.24) is 15.6 Å². The molecule has 2 N–H and O–H groups in total. The van der Waals surface area contributed by atoms with Gasteiger partial charge in [-0.25, -0.2) is 9.78 Å². The summed E-state index contributed by atoms with van der Waals surface area (Å²) in [5.41, 5.74) is 0.923. The van der Waals surface area contributed by atoms with Gasteiger partial charge in [-0.1, -0.05) is 12.1 Å². The van der Waals surface area contributed by atoms with Crippen LogP contribution < -0.4 is 15.4 Å². The van der Waals surface area contributed by atoms with Crippen LogP contribution in [0.25, 0.3) is 0 Å². The maximum absolute atomic E-state index is 11.6. The molecule has 100 valence electrons. The van der Waals surface area contributed by atoms with E-state index in [9.17, 15) is 4.79 Å². The largest absolute Gasteiger partial charge is 0.481 e. The smallest absolute Gasteiger partial charge is 0.315 e. The minimum atomic E-state index is -0.191. The zero-order valence-electron chi connectivity index (χ0n) is 10.6. The van der Waals surface area contributed by atoms with Crippen molar-refractivity contribution in [2.24, 2.45) is 0 Å².